The fraction of sp³-hybridized carbons (Fsp3) is 0.200. The second kappa shape index (κ2) is 12.5. The zero-order chi connectivity index (χ0) is 37.9. The summed E-state index contributed by atoms with van der Waals surface area (Å²) in [5, 5.41) is 1.70. The smallest absolute Gasteiger partial charge is 0.227 e. The van der Waals surface area contributed by atoms with Gasteiger partial charge in [-0.3, -0.25) is 0 Å². The number of aromatic nitrogens is 3. The van der Waals surface area contributed by atoms with Crippen molar-refractivity contribution >= 4 is 33.1 Å². The summed E-state index contributed by atoms with van der Waals surface area (Å²) in [6.07, 6.45) is -1.80. The maximum Gasteiger partial charge on any atom is 0.227 e. The van der Waals surface area contributed by atoms with E-state index < -0.39 is 13.2 Å². The van der Waals surface area contributed by atoms with Crippen LogP contribution in [0, 0.1) is 6.85 Å². The van der Waals surface area contributed by atoms with Crippen LogP contribution < -0.4 is 0 Å². The van der Waals surface area contributed by atoms with E-state index in [9.17, 15) is 0 Å². The van der Waals surface area contributed by atoms with Gasteiger partial charge in [0.1, 0.15) is 11.4 Å². The van der Waals surface area contributed by atoms with Crippen molar-refractivity contribution in [3.05, 3.63) is 155 Å². The number of para-hydroxylation sites is 3. The summed E-state index contributed by atoms with van der Waals surface area (Å²) >= 11 is 0. The molecule has 242 valence electrons. The molecule has 3 aromatic heterocycles. The van der Waals surface area contributed by atoms with Crippen LogP contribution in [0.1, 0.15) is 79.9 Å². The fourth-order valence-electron chi connectivity index (χ4n) is 6.95. The van der Waals surface area contributed by atoms with E-state index in [1.807, 2.05) is 72.8 Å². The van der Waals surface area contributed by atoms with E-state index in [0.717, 1.165) is 44.3 Å². The van der Waals surface area contributed by atoms with Crippen molar-refractivity contribution in [2.75, 3.05) is 0 Å². The van der Waals surface area contributed by atoms with Crippen molar-refractivity contribution in [3.8, 4) is 22.5 Å². The number of imidazole rings is 1. The van der Waals surface area contributed by atoms with E-state index >= 15 is 0 Å². The van der Waals surface area contributed by atoms with E-state index in [2.05, 4.69) is 50.5 Å². The fourth-order valence-corrected chi connectivity index (χ4v) is 6.95. The lowest BCUT2D eigenvalue weighted by molar-refractivity contribution is 0.651. The zero-order valence-corrected chi connectivity index (χ0v) is 28.2. The lowest BCUT2D eigenvalue weighted by Gasteiger charge is -2.23. The van der Waals surface area contributed by atoms with Gasteiger partial charge in [-0.25, -0.2) is 9.97 Å². The molecule has 0 saturated heterocycles. The summed E-state index contributed by atoms with van der Waals surface area (Å²) in [5.41, 5.74) is 10.6. The summed E-state index contributed by atoms with van der Waals surface area (Å²) < 4.78 is 50.1. The molecule has 0 aliphatic heterocycles. The third-order valence-corrected chi connectivity index (χ3v) is 9.40. The first-order valence-corrected chi connectivity index (χ1v) is 16.9. The van der Waals surface area contributed by atoms with Crippen LogP contribution in [0.5, 0.6) is 0 Å². The summed E-state index contributed by atoms with van der Waals surface area (Å²) in [4.78, 5) is 9.96. The van der Waals surface area contributed by atoms with Crippen molar-refractivity contribution in [1.82, 2.24) is 14.5 Å². The molecule has 0 saturated carbocycles. The Hall–Kier alpha value is -5.48. The van der Waals surface area contributed by atoms with Crippen molar-refractivity contribution in [3.63, 3.8) is 0 Å². The molecule has 0 aliphatic carbocycles. The number of furan rings is 1. The Labute approximate surface area is 295 Å². The highest BCUT2D eigenvalue weighted by atomic mass is 16.3. The average Bonchev–Trinajstić information content (AvgIpc) is 3.72. The second-order valence-corrected chi connectivity index (χ2v) is 13.4. The minimum Gasteiger partial charge on any atom is -0.437 e. The normalized spacial score (nSPS) is 14.0. The van der Waals surface area contributed by atoms with Crippen LogP contribution in [-0.2, 0) is 12.9 Å². The molecule has 8 rings (SSSR count). The van der Waals surface area contributed by atoms with Gasteiger partial charge in [0, 0.05) is 29.7 Å². The summed E-state index contributed by atoms with van der Waals surface area (Å²) in [6.45, 7) is 7.29. The van der Waals surface area contributed by atoms with Crippen molar-refractivity contribution in [2.24, 2.45) is 0 Å². The van der Waals surface area contributed by atoms with Crippen LogP contribution in [0.3, 0.4) is 0 Å². The molecular formula is C45H41N3O. The highest BCUT2D eigenvalue weighted by molar-refractivity contribution is 6.08. The number of pyridine rings is 1. The predicted molar refractivity (Wildman–Crippen MR) is 203 cm³/mol. The quantitative estimate of drug-likeness (QED) is 0.165. The molecule has 0 spiro atoms. The first kappa shape index (κ1) is 25.5. The van der Waals surface area contributed by atoms with Crippen LogP contribution in [0.25, 0.3) is 55.6 Å². The number of rotatable bonds is 8. The first-order chi connectivity index (χ1) is 25.8. The maximum absolute atomic E-state index is 8.91. The molecule has 0 N–H and O–H groups in total. The van der Waals surface area contributed by atoms with E-state index in [1.54, 1.807) is 30.3 Å². The Bertz CT molecular complexity index is 2620. The third-order valence-electron chi connectivity index (χ3n) is 9.40. The predicted octanol–water partition coefficient (Wildman–Crippen LogP) is 11.9. The monoisotopic (exact) mass is 644 g/mol. The van der Waals surface area contributed by atoms with E-state index in [-0.39, 0.29) is 17.5 Å². The Balaban J connectivity index is 1.28. The third kappa shape index (κ3) is 5.72. The molecule has 0 fully saturated rings. The summed E-state index contributed by atoms with van der Waals surface area (Å²) in [5.74, 6) is 1.21. The molecule has 3 heterocycles. The number of fused-ring (bicyclic) bond motifs is 4. The van der Waals surface area contributed by atoms with Gasteiger partial charge in [-0.05, 0) is 82.4 Å². The highest BCUT2D eigenvalue weighted by Gasteiger charge is 2.23. The van der Waals surface area contributed by atoms with Gasteiger partial charge >= 0.3 is 0 Å². The number of benzene rings is 5. The van der Waals surface area contributed by atoms with Crippen LogP contribution >= 0.6 is 0 Å². The SMILES string of the molecule is [2H]C([2H])([2H])c1ccc(-c2cc(C(C)C)c(Cn3c(-c4cccc5c4oc4nc(C([2H])([2H])c6ccccc6)ccc45)nc4ccccc43)c(C(C)C)c2)cc1. The van der Waals surface area contributed by atoms with Crippen LogP contribution in [-0.4, -0.2) is 14.5 Å². The van der Waals surface area contributed by atoms with Gasteiger partial charge in [-0.1, -0.05) is 124 Å². The van der Waals surface area contributed by atoms with Gasteiger partial charge < -0.3 is 8.98 Å². The lowest BCUT2D eigenvalue weighted by atomic mass is 9.85. The van der Waals surface area contributed by atoms with Gasteiger partial charge in [0.2, 0.25) is 5.71 Å². The largest absolute Gasteiger partial charge is 0.437 e. The Morgan fingerprint density at radius 1 is 0.714 bits per heavy atom. The number of aryl methyl sites for hydroxylation is 1. The maximum atomic E-state index is 8.91. The molecule has 0 radical (unpaired) electrons. The van der Waals surface area contributed by atoms with Gasteiger partial charge in [0.05, 0.1) is 23.1 Å². The molecule has 0 amide bonds. The minimum absolute atomic E-state index is 0.216. The molecule has 0 unspecified atom stereocenters. The van der Waals surface area contributed by atoms with Gasteiger partial charge in [0.15, 0.2) is 0 Å². The summed E-state index contributed by atoms with van der Waals surface area (Å²) in [7, 11) is 0. The van der Waals surface area contributed by atoms with Crippen LogP contribution in [0.15, 0.2) is 126 Å². The Kier molecular flexibility index (Phi) is 6.52. The van der Waals surface area contributed by atoms with Gasteiger partial charge in [-0.2, -0.15) is 0 Å². The Morgan fingerprint density at radius 2 is 1.45 bits per heavy atom. The highest BCUT2D eigenvalue weighted by Crippen LogP contribution is 2.39. The average molecular weight is 645 g/mol. The molecule has 0 bridgehead atoms. The van der Waals surface area contributed by atoms with Gasteiger partial charge in [-0.15, -0.1) is 0 Å². The molecular weight excluding hydrogens is 599 g/mol. The molecule has 5 aromatic carbocycles. The molecule has 8 aromatic rings. The second-order valence-electron chi connectivity index (χ2n) is 13.4. The van der Waals surface area contributed by atoms with Crippen LogP contribution in [0.4, 0.5) is 0 Å². The zero-order valence-electron chi connectivity index (χ0n) is 33.2. The van der Waals surface area contributed by atoms with E-state index in [0.29, 0.717) is 29.0 Å². The van der Waals surface area contributed by atoms with E-state index in [4.69, 9.17) is 21.2 Å². The van der Waals surface area contributed by atoms with Gasteiger partial charge in [0.25, 0.3) is 0 Å². The molecule has 4 heteroatoms. The number of nitrogens with zero attached hydrogens (tertiary/aromatic N) is 3. The van der Waals surface area contributed by atoms with Crippen molar-refractivity contribution in [1.29, 1.82) is 0 Å². The number of hydrogen-bond donors (Lipinski definition) is 0. The summed E-state index contributed by atoms with van der Waals surface area (Å²) in [6, 6.07) is 38.7. The lowest BCUT2D eigenvalue weighted by Crippen LogP contribution is -2.11. The van der Waals surface area contributed by atoms with E-state index in [1.165, 1.54) is 16.7 Å². The molecule has 49 heavy (non-hydrogen) atoms. The van der Waals surface area contributed by atoms with Crippen molar-refractivity contribution < 1.29 is 11.3 Å². The molecule has 0 atom stereocenters. The minimum atomic E-state index is -2.15. The van der Waals surface area contributed by atoms with Crippen LogP contribution in [0.2, 0.25) is 0 Å². The molecule has 0 aliphatic rings. The standard InChI is InChI=1S/C45H41N3O/c1-28(2)38-25-33(32-20-18-30(5)19-21-32)26-39(29(3)4)40(38)27-48-42-17-10-9-16-41(42)47-44(48)37-15-11-14-35-36-23-22-34(46-45(36)49-43(35)37)24-31-12-7-6-8-13-31/h6-23,25-26,28-29H,24,27H2,1-5H3/i5D3,24D2. The molecule has 4 nitrogen and oxygen atoms in total. The number of hydrogen-bond acceptors (Lipinski definition) is 3. The van der Waals surface area contributed by atoms with Crippen molar-refractivity contribution in [2.45, 2.75) is 59.3 Å². The first-order valence-electron chi connectivity index (χ1n) is 19.4. The topological polar surface area (TPSA) is 43.9 Å². The Morgan fingerprint density at radius 3 is 2.18 bits per heavy atom.